The molecular weight excluding hydrogens is 328 g/mol. The van der Waals surface area contributed by atoms with Crippen molar-refractivity contribution in [3.05, 3.63) is 0 Å². The van der Waals surface area contributed by atoms with Gasteiger partial charge in [0.25, 0.3) is 0 Å². The van der Waals surface area contributed by atoms with Crippen LogP contribution in [0.5, 0.6) is 0 Å². The Morgan fingerprint density at radius 3 is 0.750 bits per heavy atom. The Morgan fingerprint density at radius 2 is 0.750 bits per heavy atom. The van der Waals surface area contributed by atoms with E-state index in [0.29, 0.717) is 0 Å². The average molecular weight is 330 g/mol. The first-order chi connectivity index (χ1) is 0. The molecule has 0 aliphatic rings. The van der Waals surface area contributed by atoms with E-state index in [4.69, 9.17) is 0 Å². The summed E-state index contributed by atoms with van der Waals surface area (Å²) in [5.41, 5.74) is 0. The van der Waals surface area contributed by atoms with E-state index in [2.05, 4.69) is 0 Å². The maximum absolute atomic E-state index is 0. The van der Waals surface area contributed by atoms with Crippen molar-refractivity contribution < 1.29 is 40.8 Å². The molecule has 0 aromatic rings. The molecule has 0 amide bonds. The van der Waals surface area contributed by atoms with Gasteiger partial charge in [0, 0.05) is 40.8 Å². The van der Waals surface area contributed by atoms with Crippen molar-refractivity contribution in [1.29, 1.82) is 0 Å². The van der Waals surface area contributed by atoms with Crippen molar-refractivity contribution in [2.24, 2.45) is 0 Å². The quantitative estimate of drug-likeness (QED) is 0.581. The van der Waals surface area contributed by atoms with E-state index in [1.807, 2.05) is 0 Å². The number of hydrogen-bond acceptors (Lipinski definition) is 0. The van der Waals surface area contributed by atoms with E-state index < -0.39 is 0 Å². The van der Waals surface area contributed by atoms with Gasteiger partial charge in [-0.1, -0.05) is 0 Å². The normalized spacial score (nSPS) is 0. The molecule has 0 saturated carbocycles. The van der Waals surface area contributed by atoms with Gasteiger partial charge in [-0.15, -0.1) is 29.4 Å². The maximum Gasteiger partial charge on any atom is 0 e. The molecule has 0 fully saturated rings. The Balaban J connectivity index is 0. The first-order valence-electron chi connectivity index (χ1n) is 0. The molecule has 36 valence electrons. The molecule has 0 aliphatic carbocycles. The minimum atomic E-state index is 0. The molecule has 0 aromatic carbocycles. The van der Waals surface area contributed by atoms with Crippen LogP contribution in [0.3, 0.4) is 0 Å². The van der Waals surface area contributed by atoms with Crippen LogP contribution in [-0.2, 0) is 40.8 Å². The van der Waals surface area contributed by atoms with E-state index in [1.165, 1.54) is 0 Å². The second-order valence-corrected chi connectivity index (χ2v) is 0. The van der Waals surface area contributed by atoms with E-state index in [0.717, 1.165) is 0 Å². The first-order valence-corrected chi connectivity index (χ1v) is 0. The Bertz CT molecular complexity index is 6.00. The second kappa shape index (κ2) is 19.5. The third kappa shape index (κ3) is 8.94. The summed E-state index contributed by atoms with van der Waals surface area (Å²) in [4.78, 5) is 0. The van der Waals surface area contributed by atoms with Crippen molar-refractivity contribution in [2.45, 2.75) is 0 Å². The van der Waals surface area contributed by atoms with Crippen LogP contribution in [0.15, 0.2) is 0 Å². The minimum absolute atomic E-state index is 0. The zero-order valence-corrected chi connectivity index (χ0v) is 7.09. The van der Waals surface area contributed by atoms with Crippen LogP contribution in [0, 0.1) is 0 Å². The topological polar surface area (TPSA) is 0 Å². The van der Waals surface area contributed by atoms with E-state index >= 15 is 0 Å². The Hall–Kier alpha value is 2.09. The average Bonchev–Trinajstić information content (AvgIpc) is 0. The molecule has 0 saturated heterocycles. The molecule has 0 aliphatic heterocycles. The fourth-order valence-electron chi connectivity index (χ4n) is 0. The maximum atomic E-state index is 0. The van der Waals surface area contributed by atoms with Gasteiger partial charge in [0.05, 0.1) is 0 Å². The summed E-state index contributed by atoms with van der Waals surface area (Å²) in [6, 6.07) is 0. The zero-order valence-electron chi connectivity index (χ0n) is 1.45. The Labute approximate surface area is 69.6 Å². The molecule has 4 heteroatoms. The summed E-state index contributed by atoms with van der Waals surface area (Å²) in [5, 5.41) is 0. The molecule has 0 N–H and O–H groups in total. The first kappa shape index (κ1) is 36.1. The third-order valence-corrected chi connectivity index (χ3v) is 0. The molecule has 0 rings (SSSR count). The van der Waals surface area contributed by atoms with Crippen molar-refractivity contribution in [2.75, 3.05) is 0 Å². The van der Waals surface area contributed by atoms with Gasteiger partial charge < -0.3 is 0 Å². The number of halogens is 2. The zero-order chi connectivity index (χ0) is 0. The van der Waals surface area contributed by atoms with Crippen molar-refractivity contribution in [3.63, 3.8) is 0 Å². The van der Waals surface area contributed by atoms with Crippen LogP contribution in [0.1, 0.15) is 0 Å². The van der Waals surface area contributed by atoms with Crippen LogP contribution in [0.2, 0.25) is 0 Å². The molecule has 0 bridgehead atoms. The van der Waals surface area contributed by atoms with Gasteiger partial charge in [0.2, 0.25) is 0 Å². The molecule has 0 atom stereocenters. The largest absolute Gasteiger partial charge is 0.147 e. The summed E-state index contributed by atoms with van der Waals surface area (Å²) < 4.78 is 0. The van der Waals surface area contributed by atoms with Crippen LogP contribution in [0.4, 0.5) is 0 Å². The predicted octanol–water partition coefficient (Wildman–Crippen LogP) is 0.995. The number of hydrogen-bond donors (Lipinski definition) is 0. The van der Waals surface area contributed by atoms with Gasteiger partial charge in [-0.05, 0) is 0 Å². The summed E-state index contributed by atoms with van der Waals surface area (Å²) in [6.07, 6.45) is 0. The summed E-state index contributed by atoms with van der Waals surface area (Å²) in [7, 11) is 0. The summed E-state index contributed by atoms with van der Waals surface area (Å²) in [6.45, 7) is 0. The standard InChI is InChI=1S/BrH.ClH.2Pd/h2*1H;;. The van der Waals surface area contributed by atoms with Crippen LogP contribution in [0.25, 0.3) is 0 Å². The third-order valence-electron chi connectivity index (χ3n) is 0. The van der Waals surface area contributed by atoms with E-state index in [-0.39, 0.29) is 70.2 Å². The Morgan fingerprint density at radius 1 is 0.750 bits per heavy atom. The van der Waals surface area contributed by atoms with Gasteiger partial charge in [-0.25, -0.2) is 0 Å². The molecule has 4 heavy (non-hydrogen) atoms. The van der Waals surface area contributed by atoms with Crippen molar-refractivity contribution in [1.82, 2.24) is 0 Å². The molecule has 0 heterocycles. The van der Waals surface area contributed by atoms with Crippen LogP contribution < -0.4 is 0 Å². The molecule has 0 unspecified atom stereocenters. The SMILES string of the molecule is Br.Cl.[Pd].[Pd]. The number of rotatable bonds is 0. The van der Waals surface area contributed by atoms with Gasteiger partial charge in [-0.3, -0.25) is 0 Å². The second-order valence-electron chi connectivity index (χ2n) is 0. The predicted molar refractivity (Wildman–Crippen MR) is 17.6 cm³/mol. The van der Waals surface area contributed by atoms with Crippen LogP contribution >= 0.6 is 29.4 Å². The summed E-state index contributed by atoms with van der Waals surface area (Å²) >= 11 is 0. The van der Waals surface area contributed by atoms with E-state index in [9.17, 15) is 0 Å². The molecule has 0 spiro atoms. The fourth-order valence-corrected chi connectivity index (χ4v) is 0. The fraction of sp³-hybridized carbons (Fsp3) is 0. The van der Waals surface area contributed by atoms with Gasteiger partial charge in [0.15, 0.2) is 0 Å². The van der Waals surface area contributed by atoms with E-state index in [1.54, 1.807) is 0 Å². The van der Waals surface area contributed by atoms with Gasteiger partial charge >= 0.3 is 0 Å². The monoisotopic (exact) mass is 328 g/mol. The molecular formula is H2BrClPd2. The van der Waals surface area contributed by atoms with Crippen molar-refractivity contribution >= 4 is 29.4 Å². The van der Waals surface area contributed by atoms with Crippen LogP contribution in [-0.4, -0.2) is 0 Å². The van der Waals surface area contributed by atoms with Crippen molar-refractivity contribution in [3.8, 4) is 0 Å². The smallest absolute Gasteiger partial charge is 0 e. The molecule has 0 radical (unpaired) electrons. The Kier molecular flexibility index (Phi) is 175. The minimum Gasteiger partial charge on any atom is -0.147 e. The summed E-state index contributed by atoms with van der Waals surface area (Å²) in [5.74, 6) is 0. The van der Waals surface area contributed by atoms with Gasteiger partial charge in [0.1, 0.15) is 0 Å². The van der Waals surface area contributed by atoms with Gasteiger partial charge in [-0.2, -0.15) is 0 Å². The molecule has 0 nitrogen and oxygen atoms in total. The molecule has 0 aromatic heterocycles.